The molecule has 0 atom stereocenters. The highest BCUT2D eigenvalue weighted by atomic mass is 16.3. The van der Waals surface area contributed by atoms with Crippen LogP contribution in [-0.4, -0.2) is 19.9 Å². The van der Waals surface area contributed by atoms with E-state index in [2.05, 4.69) is 72.8 Å². The van der Waals surface area contributed by atoms with Crippen LogP contribution >= 0.6 is 0 Å². The summed E-state index contributed by atoms with van der Waals surface area (Å²) in [5, 5.41) is 1.83. The number of rotatable bonds is 6. The minimum Gasteiger partial charge on any atom is -0.456 e. The second-order valence-corrected chi connectivity index (χ2v) is 12.7. The fraction of sp³-hybridized carbons (Fsp3) is 0. The Morgan fingerprint density at radius 2 is 0.904 bits per heavy atom. The number of fused-ring (bicyclic) bond motifs is 4. The third-order valence-corrected chi connectivity index (χ3v) is 9.35. The van der Waals surface area contributed by atoms with Crippen LogP contribution in [0.4, 0.5) is 0 Å². The van der Waals surface area contributed by atoms with E-state index in [9.17, 15) is 0 Å². The fourth-order valence-corrected chi connectivity index (χ4v) is 6.83. The molecule has 0 bridgehead atoms. The van der Waals surface area contributed by atoms with Crippen molar-refractivity contribution in [2.75, 3.05) is 0 Å². The Bertz CT molecular complexity index is 2810. The first-order chi connectivity index (χ1) is 25.7. The van der Waals surface area contributed by atoms with Crippen LogP contribution in [0, 0.1) is 0 Å². The second kappa shape index (κ2) is 12.3. The predicted molar refractivity (Wildman–Crippen MR) is 207 cm³/mol. The lowest BCUT2D eigenvalue weighted by atomic mass is 9.96. The number of nitrogens with zero attached hydrogens (tertiary/aromatic N) is 4. The summed E-state index contributed by atoms with van der Waals surface area (Å²) in [6, 6.07) is 57.2. The van der Waals surface area contributed by atoms with E-state index in [1.807, 2.05) is 97.1 Å². The van der Waals surface area contributed by atoms with Gasteiger partial charge in [0.1, 0.15) is 16.7 Å². The zero-order valence-electron chi connectivity index (χ0n) is 27.8. The normalized spacial score (nSPS) is 11.5. The van der Waals surface area contributed by atoms with Gasteiger partial charge in [-0.15, -0.1) is 0 Å². The Morgan fingerprint density at radius 1 is 0.327 bits per heavy atom. The molecule has 244 valence electrons. The minimum atomic E-state index is 0.552. The van der Waals surface area contributed by atoms with Crippen LogP contribution in [0.25, 0.3) is 101 Å². The number of benzene rings is 7. The van der Waals surface area contributed by atoms with Crippen LogP contribution in [0.15, 0.2) is 179 Å². The van der Waals surface area contributed by atoms with E-state index in [-0.39, 0.29) is 0 Å². The van der Waals surface area contributed by atoms with Crippen molar-refractivity contribution in [3.8, 4) is 67.9 Å². The number of furan rings is 1. The SMILES string of the molecule is c1ccc(-c2cc(-c3ccccc3)cc(-c3nc(-c4ccccc4)nc(-c4cccc5oc6ccc(-c7nc8ccccc8o7)cc6c45)n3)c2)cc1. The van der Waals surface area contributed by atoms with Crippen LogP contribution in [0.1, 0.15) is 0 Å². The van der Waals surface area contributed by atoms with Crippen molar-refractivity contribution in [1.82, 2.24) is 19.9 Å². The smallest absolute Gasteiger partial charge is 0.227 e. The summed E-state index contributed by atoms with van der Waals surface area (Å²) in [6.07, 6.45) is 0. The van der Waals surface area contributed by atoms with E-state index in [0.29, 0.717) is 23.4 Å². The van der Waals surface area contributed by atoms with Gasteiger partial charge >= 0.3 is 0 Å². The molecule has 0 aliphatic carbocycles. The second-order valence-electron chi connectivity index (χ2n) is 12.7. The Kier molecular flexibility index (Phi) is 7.03. The molecule has 0 unspecified atom stereocenters. The van der Waals surface area contributed by atoms with Gasteiger partial charge in [-0.1, -0.05) is 115 Å². The number of hydrogen-bond acceptors (Lipinski definition) is 6. The van der Waals surface area contributed by atoms with Crippen LogP contribution in [-0.2, 0) is 0 Å². The number of hydrogen-bond donors (Lipinski definition) is 0. The average molecular weight is 669 g/mol. The molecule has 0 aliphatic rings. The third-order valence-electron chi connectivity index (χ3n) is 9.35. The van der Waals surface area contributed by atoms with Gasteiger partial charge in [0, 0.05) is 33.0 Å². The molecule has 10 aromatic rings. The highest BCUT2D eigenvalue weighted by molar-refractivity contribution is 6.12. The van der Waals surface area contributed by atoms with Crippen molar-refractivity contribution in [2.24, 2.45) is 0 Å². The lowest BCUT2D eigenvalue weighted by molar-refractivity contribution is 0.620. The summed E-state index contributed by atoms with van der Waals surface area (Å²) >= 11 is 0. The van der Waals surface area contributed by atoms with Crippen LogP contribution in [0.5, 0.6) is 0 Å². The molecule has 6 nitrogen and oxygen atoms in total. The highest BCUT2D eigenvalue weighted by Gasteiger charge is 2.20. The molecule has 52 heavy (non-hydrogen) atoms. The lowest BCUT2D eigenvalue weighted by Gasteiger charge is -2.13. The standard InChI is InChI=1S/C46H28N4O2/c1-4-13-29(14-5-1)33-25-34(30-15-6-2-7-16-30)27-35(26-33)44-48-43(31-17-8-3-9-18-31)49-45(50-44)36-19-12-22-41-42(36)37-28-32(23-24-39(37)51-41)46-47-38-20-10-11-21-40(38)52-46/h1-28H. The number of oxazole rings is 1. The average Bonchev–Trinajstić information content (AvgIpc) is 3.83. The van der Waals surface area contributed by atoms with Crippen molar-refractivity contribution >= 4 is 33.0 Å². The third kappa shape index (κ3) is 5.30. The Labute approximate surface area is 298 Å². The first kappa shape index (κ1) is 29.7. The van der Waals surface area contributed by atoms with Gasteiger partial charge in [-0.3, -0.25) is 0 Å². The molecule has 7 aromatic carbocycles. The van der Waals surface area contributed by atoms with Crippen molar-refractivity contribution in [3.05, 3.63) is 170 Å². The van der Waals surface area contributed by atoms with E-state index >= 15 is 0 Å². The molecule has 3 heterocycles. The van der Waals surface area contributed by atoms with Gasteiger partial charge in [0.15, 0.2) is 23.1 Å². The number of para-hydroxylation sites is 2. The van der Waals surface area contributed by atoms with Crippen molar-refractivity contribution in [1.29, 1.82) is 0 Å². The van der Waals surface area contributed by atoms with Gasteiger partial charge in [0.05, 0.1) is 0 Å². The van der Waals surface area contributed by atoms with Gasteiger partial charge in [0.2, 0.25) is 5.89 Å². The zero-order chi connectivity index (χ0) is 34.4. The van der Waals surface area contributed by atoms with Gasteiger partial charge < -0.3 is 8.83 Å². The first-order valence-corrected chi connectivity index (χ1v) is 17.1. The lowest BCUT2D eigenvalue weighted by Crippen LogP contribution is -2.01. The Morgan fingerprint density at radius 3 is 1.60 bits per heavy atom. The molecule has 0 spiro atoms. The molecule has 0 saturated carbocycles. The summed E-state index contributed by atoms with van der Waals surface area (Å²) in [4.78, 5) is 20.2. The molecular weight excluding hydrogens is 641 g/mol. The molecule has 0 saturated heterocycles. The summed E-state index contributed by atoms with van der Waals surface area (Å²) in [7, 11) is 0. The maximum atomic E-state index is 6.40. The van der Waals surface area contributed by atoms with E-state index in [0.717, 1.165) is 77.5 Å². The monoisotopic (exact) mass is 668 g/mol. The Balaban J connectivity index is 1.20. The molecular formula is C46H28N4O2. The summed E-state index contributed by atoms with van der Waals surface area (Å²) < 4.78 is 12.5. The van der Waals surface area contributed by atoms with Crippen LogP contribution < -0.4 is 0 Å². The van der Waals surface area contributed by atoms with Crippen molar-refractivity contribution in [3.63, 3.8) is 0 Å². The molecule has 0 aliphatic heterocycles. The highest BCUT2D eigenvalue weighted by Crippen LogP contribution is 2.39. The molecule has 10 rings (SSSR count). The van der Waals surface area contributed by atoms with Gasteiger partial charge in [-0.2, -0.15) is 0 Å². The summed E-state index contributed by atoms with van der Waals surface area (Å²) in [6.45, 7) is 0. The van der Waals surface area contributed by atoms with Crippen LogP contribution in [0.3, 0.4) is 0 Å². The van der Waals surface area contributed by atoms with E-state index in [4.69, 9.17) is 28.8 Å². The van der Waals surface area contributed by atoms with Gasteiger partial charge in [0.25, 0.3) is 0 Å². The van der Waals surface area contributed by atoms with Crippen molar-refractivity contribution in [2.45, 2.75) is 0 Å². The van der Waals surface area contributed by atoms with Gasteiger partial charge in [-0.25, -0.2) is 19.9 Å². The van der Waals surface area contributed by atoms with Crippen molar-refractivity contribution < 1.29 is 8.83 Å². The minimum absolute atomic E-state index is 0.552. The van der Waals surface area contributed by atoms with Gasteiger partial charge in [-0.05, 0) is 76.9 Å². The largest absolute Gasteiger partial charge is 0.456 e. The quantitative estimate of drug-likeness (QED) is 0.175. The Hall–Kier alpha value is -7.18. The molecule has 3 aromatic heterocycles. The maximum Gasteiger partial charge on any atom is 0.227 e. The topological polar surface area (TPSA) is 77.8 Å². The summed E-state index contributed by atoms with van der Waals surface area (Å²) in [5.41, 5.74) is 10.9. The zero-order valence-corrected chi connectivity index (χ0v) is 27.8. The van der Waals surface area contributed by atoms with E-state index in [1.165, 1.54) is 0 Å². The molecule has 0 fully saturated rings. The predicted octanol–water partition coefficient (Wildman–Crippen LogP) is 11.9. The van der Waals surface area contributed by atoms with Crippen LogP contribution in [0.2, 0.25) is 0 Å². The molecule has 0 N–H and O–H groups in total. The fourth-order valence-electron chi connectivity index (χ4n) is 6.83. The molecule has 0 radical (unpaired) electrons. The maximum absolute atomic E-state index is 6.40. The van der Waals surface area contributed by atoms with E-state index in [1.54, 1.807) is 0 Å². The summed E-state index contributed by atoms with van der Waals surface area (Å²) in [5.74, 6) is 2.27. The van der Waals surface area contributed by atoms with E-state index < -0.39 is 0 Å². The number of aromatic nitrogens is 4. The molecule has 0 amide bonds. The molecule has 6 heteroatoms. The first-order valence-electron chi connectivity index (χ1n) is 17.1.